The molecule has 63 heavy (non-hydrogen) atoms. The van der Waals surface area contributed by atoms with E-state index in [1.807, 2.05) is 32.2 Å². The summed E-state index contributed by atoms with van der Waals surface area (Å²) < 4.78 is 40.0. The summed E-state index contributed by atoms with van der Waals surface area (Å²) in [5.41, 5.74) is 11.2. The fraction of sp³-hybridized carbons (Fsp3) is 0.228. The van der Waals surface area contributed by atoms with Crippen LogP contribution < -0.4 is 5.19 Å². The van der Waals surface area contributed by atoms with Gasteiger partial charge < -0.3 is 14.0 Å². The number of benzene rings is 7. The predicted molar refractivity (Wildman–Crippen MR) is 266 cm³/mol. The summed E-state index contributed by atoms with van der Waals surface area (Å²) in [7, 11) is -1.61. The summed E-state index contributed by atoms with van der Waals surface area (Å²) in [4.78, 5) is 9.93. The normalized spacial score (nSPS) is 13.3. The van der Waals surface area contributed by atoms with Gasteiger partial charge in [-0.1, -0.05) is 176 Å². The summed E-state index contributed by atoms with van der Waals surface area (Å²) in [5, 5.41) is 8.04. The number of rotatable bonds is 7. The van der Waals surface area contributed by atoms with Gasteiger partial charge in [-0.25, -0.2) is 0 Å². The minimum atomic E-state index is -2.13. The van der Waals surface area contributed by atoms with Gasteiger partial charge in [-0.3, -0.25) is 4.98 Å². The molecule has 0 amide bonds. The SMILES string of the molecule is CC(C)c1cccc(C(C)C)c1-n1c(-c2[c-]ccc3c2oc2c4ccccc4ccc32)nc2ccc3ccccc3c21.[2H]C([2H])([2H])c1c[c-]c(-c2cc(C([2H])(C)C)c([Si](C)(C)C)cn2)cc1.[Ir]. The monoisotopic (exact) mass is 1020 g/mol. The van der Waals surface area contributed by atoms with Gasteiger partial charge in [0.15, 0.2) is 0 Å². The van der Waals surface area contributed by atoms with Crippen molar-refractivity contribution in [3.05, 3.63) is 168 Å². The molecule has 3 aromatic heterocycles. The Balaban J connectivity index is 0.000000209. The summed E-state index contributed by atoms with van der Waals surface area (Å²) >= 11 is 0. The van der Waals surface area contributed by atoms with Crippen molar-refractivity contribution in [3.63, 3.8) is 0 Å². The number of aromatic nitrogens is 3. The first-order valence-electron chi connectivity index (χ1n) is 23.6. The first kappa shape index (κ1) is 39.0. The molecular weight excluding hydrogens is 963 g/mol. The predicted octanol–water partition coefficient (Wildman–Crippen LogP) is 15.5. The topological polar surface area (TPSA) is 43.9 Å². The van der Waals surface area contributed by atoms with Crippen LogP contribution in [-0.2, 0) is 20.1 Å². The molecule has 0 unspecified atom stereocenters. The van der Waals surface area contributed by atoms with Crippen LogP contribution in [0.1, 0.15) is 87.0 Å². The molecule has 319 valence electrons. The maximum atomic E-state index is 8.48. The molecule has 7 aromatic carbocycles. The van der Waals surface area contributed by atoms with E-state index in [0.29, 0.717) is 11.8 Å². The third-order valence-electron chi connectivity index (χ3n) is 12.0. The molecule has 3 heterocycles. The molecule has 0 saturated carbocycles. The van der Waals surface area contributed by atoms with Gasteiger partial charge in [0.1, 0.15) is 5.58 Å². The molecule has 6 heteroatoms. The van der Waals surface area contributed by atoms with E-state index >= 15 is 0 Å². The van der Waals surface area contributed by atoms with Crippen molar-refractivity contribution in [1.82, 2.24) is 14.5 Å². The maximum Gasteiger partial charge on any atom is 0.128 e. The average Bonchev–Trinajstić information content (AvgIpc) is 3.87. The number of furan rings is 1. The van der Waals surface area contributed by atoms with Gasteiger partial charge in [-0.15, -0.1) is 53.6 Å². The van der Waals surface area contributed by atoms with Crippen LogP contribution in [0, 0.1) is 19.0 Å². The van der Waals surface area contributed by atoms with Crippen molar-refractivity contribution in [2.24, 2.45) is 0 Å². The van der Waals surface area contributed by atoms with Gasteiger partial charge in [0.05, 0.1) is 30.5 Å². The van der Waals surface area contributed by atoms with Crippen LogP contribution in [0.25, 0.3) is 82.8 Å². The van der Waals surface area contributed by atoms with Crippen molar-refractivity contribution in [2.75, 3.05) is 0 Å². The molecule has 0 N–H and O–H groups in total. The van der Waals surface area contributed by atoms with Gasteiger partial charge in [0.25, 0.3) is 0 Å². The van der Waals surface area contributed by atoms with Crippen LogP contribution in [0.3, 0.4) is 0 Å². The quantitative estimate of drug-likeness (QED) is 0.118. The van der Waals surface area contributed by atoms with Crippen LogP contribution in [0.2, 0.25) is 19.6 Å². The fourth-order valence-electron chi connectivity index (χ4n) is 8.83. The van der Waals surface area contributed by atoms with E-state index in [9.17, 15) is 0 Å². The Morgan fingerprint density at radius 2 is 1.35 bits per heavy atom. The minimum Gasteiger partial charge on any atom is -0.500 e. The van der Waals surface area contributed by atoms with E-state index < -0.39 is 20.8 Å². The van der Waals surface area contributed by atoms with E-state index in [4.69, 9.17) is 14.9 Å². The van der Waals surface area contributed by atoms with Crippen LogP contribution >= 0.6 is 0 Å². The molecule has 0 aliphatic carbocycles. The first-order valence-corrected chi connectivity index (χ1v) is 25.1. The summed E-state index contributed by atoms with van der Waals surface area (Å²) in [6.45, 7) is 17.5. The van der Waals surface area contributed by atoms with Crippen LogP contribution in [0.5, 0.6) is 0 Å². The summed E-state index contributed by atoms with van der Waals surface area (Å²) in [6.07, 6.45) is 1.89. The molecule has 1 radical (unpaired) electrons. The molecule has 0 aliphatic rings. The smallest absolute Gasteiger partial charge is 0.128 e. The molecule has 0 saturated heterocycles. The zero-order valence-electron chi connectivity index (χ0n) is 41.4. The van der Waals surface area contributed by atoms with E-state index in [2.05, 4.69) is 166 Å². The van der Waals surface area contributed by atoms with Gasteiger partial charge in [-0.05, 0) is 56.6 Å². The molecule has 4 nitrogen and oxygen atoms in total. The maximum absolute atomic E-state index is 8.48. The number of pyridine rings is 1. The minimum absolute atomic E-state index is 0. The number of aryl methyl sites for hydroxylation is 1. The number of hydrogen-bond donors (Lipinski definition) is 0. The van der Waals surface area contributed by atoms with E-state index in [1.54, 1.807) is 12.1 Å². The molecule has 0 atom stereocenters. The van der Waals surface area contributed by atoms with Gasteiger partial charge >= 0.3 is 0 Å². The van der Waals surface area contributed by atoms with Crippen molar-refractivity contribution in [1.29, 1.82) is 0 Å². The van der Waals surface area contributed by atoms with E-state index in [0.717, 1.165) is 66.6 Å². The molecular formula is C57H55IrN3OSi-2. The van der Waals surface area contributed by atoms with E-state index in [1.165, 1.54) is 44.2 Å². The molecule has 10 aromatic rings. The second-order valence-corrected chi connectivity index (χ2v) is 23.3. The largest absolute Gasteiger partial charge is 0.500 e. The zero-order chi connectivity index (χ0) is 46.9. The Kier molecular flexibility index (Phi) is 10.8. The third-order valence-corrected chi connectivity index (χ3v) is 14.0. The molecule has 10 rings (SSSR count). The Bertz CT molecular complexity index is 3420. The third kappa shape index (κ3) is 8.10. The summed E-state index contributed by atoms with van der Waals surface area (Å²) in [5.74, 6) is 0.796. The Morgan fingerprint density at radius 3 is 2.00 bits per heavy atom. The van der Waals surface area contributed by atoms with Gasteiger partial charge in [0.2, 0.25) is 0 Å². The number of para-hydroxylation sites is 1. The number of imidazole rings is 1. The van der Waals surface area contributed by atoms with Crippen molar-refractivity contribution in [3.8, 4) is 28.3 Å². The zero-order valence-corrected chi connectivity index (χ0v) is 40.8. The Morgan fingerprint density at radius 1 is 0.683 bits per heavy atom. The molecule has 0 spiro atoms. The molecule has 0 fully saturated rings. The van der Waals surface area contributed by atoms with E-state index in [-0.39, 0.29) is 25.7 Å². The van der Waals surface area contributed by atoms with Crippen molar-refractivity contribution >= 4 is 67.8 Å². The average molecular weight is 1020 g/mol. The van der Waals surface area contributed by atoms with Gasteiger partial charge in [-0.2, -0.15) is 0 Å². The number of fused-ring (bicyclic) bond motifs is 8. The summed E-state index contributed by atoms with van der Waals surface area (Å²) in [6, 6.07) is 50.0. The Labute approximate surface area is 392 Å². The standard InChI is InChI=1S/C39H31N2O.C18H24NSi.Ir/c1-23(2)27-15-9-16-28(24(3)4)35(27)41-36-29-13-7-5-11-25(29)20-22-34(36)40-39(41)33-18-10-17-31-32-21-19-26-12-6-8-14-30(26)37(32)42-38(31)33;1-13(2)16-11-17(15-9-7-14(3)8-10-15)19-12-18(16)20(4,5)6;/h5-17,19-24H,1-4H3;7-9,11-13H,1-6H3;/q2*-1;/i;3D3,13D;. The van der Waals surface area contributed by atoms with Crippen molar-refractivity contribution in [2.45, 2.75) is 85.8 Å². The van der Waals surface area contributed by atoms with Gasteiger partial charge in [0, 0.05) is 53.6 Å². The number of hydrogen-bond acceptors (Lipinski definition) is 3. The van der Waals surface area contributed by atoms with Crippen molar-refractivity contribution < 1.29 is 30.0 Å². The Hall–Kier alpha value is -5.65. The second-order valence-electron chi connectivity index (χ2n) is 18.2. The second kappa shape index (κ2) is 17.5. The first-order chi connectivity index (χ1) is 31.3. The molecule has 0 bridgehead atoms. The van der Waals surface area contributed by atoms with Crippen LogP contribution in [-0.4, -0.2) is 22.6 Å². The molecule has 0 aliphatic heterocycles. The van der Waals surface area contributed by atoms with Crippen LogP contribution in [0.4, 0.5) is 0 Å². The van der Waals surface area contributed by atoms with Crippen LogP contribution in [0.15, 0.2) is 138 Å². The fourth-order valence-corrected chi connectivity index (χ4v) is 10.4. The number of nitrogens with zero attached hydrogens (tertiary/aromatic N) is 3.